The monoisotopic (exact) mass is 382 g/mol. The fourth-order valence-corrected chi connectivity index (χ4v) is 3.86. The maximum atomic E-state index is 11.6. The van der Waals surface area contributed by atoms with Crippen molar-refractivity contribution in [3.63, 3.8) is 0 Å². The molecule has 0 unspecified atom stereocenters. The quantitative estimate of drug-likeness (QED) is 0.747. The largest absolute Gasteiger partial charge is 0.465 e. The minimum Gasteiger partial charge on any atom is -0.465 e. The van der Waals surface area contributed by atoms with Gasteiger partial charge in [-0.25, -0.2) is 4.79 Å². The maximum absolute atomic E-state index is 11.6. The molecule has 0 aromatic heterocycles. The van der Waals surface area contributed by atoms with Crippen molar-refractivity contribution in [1.82, 2.24) is 9.80 Å². The summed E-state index contributed by atoms with van der Waals surface area (Å²) in [4.78, 5) is 16.5. The fraction of sp³-hybridized carbons (Fsp3) is 0.435. The molecule has 1 saturated heterocycles. The molecule has 0 saturated carbocycles. The van der Waals surface area contributed by atoms with Crippen molar-refractivity contribution in [1.29, 1.82) is 0 Å². The molecule has 2 aromatic carbocycles. The van der Waals surface area contributed by atoms with Crippen LogP contribution in [0.2, 0.25) is 0 Å². The molecule has 3 rings (SSSR count). The predicted octanol–water partition coefficient (Wildman–Crippen LogP) is 2.85. The minimum absolute atomic E-state index is 0.205. The summed E-state index contributed by atoms with van der Waals surface area (Å²) in [6.07, 6.45) is 0.781. The minimum atomic E-state index is -0.306. The molecule has 1 aliphatic heterocycles. The zero-order chi connectivity index (χ0) is 19.9. The molecule has 0 aliphatic carbocycles. The molecule has 1 aliphatic rings. The standard InChI is InChI=1S/C23H30N2O3/c1-18-5-3-4-6-21(18)16-25-13-12-24(17-22(25)11-14-26)15-19-7-9-20(10-8-19)23(27)28-2/h3-10,22,26H,11-17H2,1-2H3/t22-/m1/s1. The van der Waals surface area contributed by atoms with Gasteiger partial charge >= 0.3 is 5.97 Å². The van der Waals surface area contributed by atoms with Crippen LogP contribution in [0.3, 0.4) is 0 Å². The normalized spacial score (nSPS) is 18.2. The summed E-state index contributed by atoms with van der Waals surface area (Å²) in [5.41, 5.74) is 4.44. The van der Waals surface area contributed by atoms with Gasteiger partial charge in [-0.05, 0) is 42.2 Å². The first-order chi connectivity index (χ1) is 13.6. The number of carbonyl (C=O) groups is 1. The lowest BCUT2D eigenvalue weighted by Gasteiger charge is -2.41. The van der Waals surface area contributed by atoms with Gasteiger partial charge in [0.05, 0.1) is 12.7 Å². The molecule has 1 atom stereocenters. The first kappa shape index (κ1) is 20.5. The Morgan fingerprint density at radius 1 is 1.11 bits per heavy atom. The zero-order valence-corrected chi connectivity index (χ0v) is 16.8. The number of piperazine rings is 1. The van der Waals surface area contributed by atoms with Crippen LogP contribution < -0.4 is 0 Å². The average Bonchev–Trinajstić information content (AvgIpc) is 2.71. The summed E-state index contributed by atoms with van der Waals surface area (Å²) in [7, 11) is 1.40. The zero-order valence-electron chi connectivity index (χ0n) is 16.8. The molecule has 0 amide bonds. The van der Waals surface area contributed by atoms with E-state index >= 15 is 0 Å². The summed E-state index contributed by atoms with van der Waals surface area (Å²) in [5.74, 6) is -0.306. The number of hydrogen-bond acceptors (Lipinski definition) is 5. The van der Waals surface area contributed by atoms with Gasteiger partial charge in [0.25, 0.3) is 0 Å². The van der Waals surface area contributed by atoms with Gasteiger partial charge in [0, 0.05) is 45.4 Å². The Hall–Kier alpha value is -2.21. The summed E-state index contributed by atoms with van der Waals surface area (Å²) >= 11 is 0. The number of carbonyl (C=O) groups excluding carboxylic acids is 1. The first-order valence-electron chi connectivity index (χ1n) is 9.89. The predicted molar refractivity (Wildman–Crippen MR) is 110 cm³/mol. The lowest BCUT2D eigenvalue weighted by atomic mass is 10.0. The van der Waals surface area contributed by atoms with Crippen molar-refractivity contribution < 1.29 is 14.6 Å². The summed E-state index contributed by atoms with van der Waals surface area (Å²) < 4.78 is 4.76. The third kappa shape index (κ3) is 5.19. The van der Waals surface area contributed by atoms with Crippen molar-refractivity contribution in [2.45, 2.75) is 32.5 Å². The SMILES string of the molecule is COC(=O)c1ccc(CN2CCN(Cc3ccccc3C)[C@H](CCO)C2)cc1. The smallest absolute Gasteiger partial charge is 0.337 e. The van der Waals surface area contributed by atoms with Crippen LogP contribution in [0.4, 0.5) is 0 Å². The molecular weight excluding hydrogens is 352 g/mol. The van der Waals surface area contributed by atoms with E-state index in [-0.39, 0.29) is 12.6 Å². The van der Waals surface area contributed by atoms with E-state index in [0.717, 1.165) is 39.1 Å². The number of rotatable bonds is 7. The Morgan fingerprint density at radius 2 is 1.86 bits per heavy atom. The number of methoxy groups -OCH3 is 1. The van der Waals surface area contributed by atoms with Gasteiger partial charge in [-0.2, -0.15) is 0 Å². The molecule has 5 heteroatoms. The Labute approximate surface area is 167 Å². The van der Waals surface area contributed by atoms with Crippen LogP contribution in [0.15, 0.2) is 48.5 Å². The number of aryl methyl sites for hydroxylation is 1. The van der Waals surface area contributed by atoms with Crippen molar-refractivity contribution >= 4 is 5.97 Å². The Bertz CT molecular complexity index is 776. The highest BCUT2D eigenvalue weighted by Gasteiger charge is 2.27. The van der Waals surface area contributed by atoms with Crippen molar-refractivity contribution in [2.24, 2.45) is 0 Å². The third-order valence-electron chi connectivity index (χ3n) is 5.57. The van der Waals surface area contributed by atoms with E-state index < -0.39 is 0 Å². The lowest BCUT2D eigenvalue weighted by molar-refractivity contribution is 0.0498. The highest BCUT2D eigenvalue weighted by Crippen LogP contribution is 2.20. The molecule has 0 bridgehead atoms. The summed E-state index contributed by atoms with van der Waals surface area (Å²) in [6, 6.07) is 16.5. The maximum Gasteiger partial charge on any atom is 0.337 e. The topological polar surface area (TPSA) is 53.0 Å². The fourth-order valence-electron chi connectivity index (χ4n) is 3.86. The third-order valence-corrected chi connectivity index (χ3v) is 5.57. The highest BCUT2D eigenvalue weighted by molar-refractivity contribution is 5.89. The molecule has 5 nitrogen and oxygen atoms in total. The molecule has 0 spiro atoms. The van der Waals surface area contributed by atoms with E-state index in [1.165, 1.54) is 23.8 Å². The van der Waals surface area contributed by atoms with Crippen LogP contribution >= 0.6 is 0 Å². The molecule has 28 heavy (non-hydrogen) atoms. The van der Waals surface area contributed by atoms with Gasteiger partial charge in [-0.15, -0.1) is 0 Å². The number of benzene rings is 2. The van der Waals surface area contributed by atoms with Crippen LogP contribution in [-0.4, -0.2) is 60.3 Å². The van der Waals surface area contributed by atoms with Crippen LogP contribution in [-0.2, 0) is 17.8 Å². The van der Waals surface area contributed by atoms with E-state index in [2.05, 4.69) is 41.0 Å². The van der Waals surface area contributed by atoms with E-state index in [1.54, 1.807) is 0 Å². The summed E-state index contributed by atoms with van der Waals surface area (Å²) in [5, 5.41) is 9.55. The number of aliphatic hydroxyl groups excluding tert-OH is 1. The van der Waals surface area contributed by atoms with Gasteiger partial charge in [0.2, 0.25) is 0 Å². The second kappa shape index (κ2) is 9.82. The Morgan fingerprint density at radius 3 is 2.54 bits per heavy atom. The number of ether oxygens (including phenoxy) is 1. The van der Waals surface area contributed by atoms with Crippen molar-refractivity contribution in [2.75, 3.05) is 33.4 Å². The number of aliphatic hydroxyl groups is 1. The lowest BCUT2D eigenvalue weighted by Crippen LogP contribution is -2.52. The van der Waals surface area contributed by atoms with E-state index in [1.807, 2.05) is 24.3 Å². The molecule has 1 fully saturated rings. The average molecular weight is 383 g/mol. The van der Waals surface area contributed by atoms with Crippen molar-refractivity contribution in [3.8, 4) is 0 Å². The number of hydrogen-bond donors (Lipinski definition) is 1. The molecular formula is C23H30N2O3. The molecule has 0 radical (unpaired) electrons. The van der Waals surface area contributed by atoms with Gasteiger partial charge < -0.3 is 9.84 Å². The van der Waals surface area contributed by atoms with Gasteiger partial charge in [-0.3, -0.25) is 9.80 Å². The van der Waals surface area contributed by atoms with E-state index in [9.17, 15) is 9.90 Å². The van der Waals surface area contributed by atoms with Gasteiger partial charge in [0.1, 0.15) is 0 Å². The van der Waals surface area contributed by atoms with E-state index in [4.69, 9.17) is 4.74 Å². The molecule has 2 aromatic rings. The Balaban J connectivity index is 1.62. The van der Waals surface area contributed by atoms with Gasteiger partial charge in [-0.1, -0.05) is 36.4 Å². The van der Waals surface area contributed by atoms with Crippen LogP contribution in [0.1, 0.15) is 33.5 Å². The first-order valence-corrected chi connectivity index (χ1v) is 9.89. The number of esters is 1. The second-order valence-electron chi connectivity index (χ2n) is 7.49. The number of nitrogens with zero attached hydrogens (tertiary/aromatic N) is 2. The van der Waals surface area contributed by atoms with Crippen LogP contribution in [0.5, 0.6) is 0 Å². The second-order valence-corrected chi connectivity index (χ2v) is 7.49. The van der Waals surface area contributed by atoms with Crippen molar-refractivity contribution in [3.05, 3.63) is 70.8 Å². The van der Waals surface area contributed by atoms with Gasteiger partial charge in [0.15, 0.2) is 0 Å². The molecule has 150 valence electrons. The van der Waals surface area contributed by atoms with Crippen LogP contribution in [0.25, 0.3) is 0 Å². The van der Waals surface area contributed by atoms with Crippen LogP contribution in [0, 0.1) is 6.92 Å². The molecule has 1 heterocycles. The Kier molecular flexibility index (Phi) is 7.20. The molecule has 1 N–H and O–H groups in total. The highest BCUT2D eigenvalue weighted by atomic mass is 16.5. The summed E-state index contributed by atoms with van der Waals surface area (Å²) in [6.45, 7) is 7.05. The van der Waals surface area contributed by atoms with E-state index in [0.29, 0.717) is 11.6 Å².